The van der Waals surface area contributed by atoms with E-state index in [1.807, 2.05) is 11.8 Å². The van der Waals surface area contributed by atoms with Gasteiger partial charge < -0.3 is 15.3 Å². The van der Waals surface area contributed by atoms with Crippen LogP contribution in [0.5, 0.6) is 0 Å². The lowest BCUT2D eigenvalue weighted by molar-refractivity contribution is -0.137. The van der Waals surface area contributed by atoms with Crippen molar-refractivity contribution >= 4 is 12.0 Å². The van der Waals surface area contributed by atoms with Crippen LogP contribution in [0, 0.1) is 11.8 Å². The van der Waals surface area contributed by atoms with Crippen LogP contribution in [-0.4, -0.2) is 41.1 Å². The van der Waals surface area contributed by atoms with E-state index in [4.69, 9.17) is 5.11 Å². The van der Waals surface area contributed by atoms with Crippen LogP contribution in [0.15, 0.2) is 0 Å². The fraction of sp³-hybridized carbons (Fsp3) is 0.867. The molecule has 20 heavy (non-hydrogen) atoms. The molecule has 1 rings (SSSR count). The highest BCUT2D eigenvalue weighted by Gasteiger charge is 2.24. The predicted molar refractivity (Wildman–Crippen MR) is 78.6 cm³/mol. The summed E-state index contributed by atoms with van der Waals surface area (Å²) in [5.41, 5.74) is 0. The maximum absolute atomic E-state index is 12.2. The molecule has 5 nitrogen and oxygen atoms in total. The lowest BCUT2D eigenvalue weighted by Gasteiger charge is -2.33. The number of carboxylic acids is 1. The van der Waals surface area contributed by atoms with Crippen LogP contribution in [0.4, 0.5) is 4.79 Å². The Morgan fingerprint density at radius 3 is 2.65 bits per heavy atom. The van der Waals surface area contributed by atoms with Gasteiger partial charge in [-0.15, -0.1) is 0 Å². The normalized spacial score (nSPS) is 20.8. The third-order valence-corrected chi connectivity index (χ3v) is 3.77. The summed E-state index contributed by atoms with van der Waals surface area (Å²) in [6.45, 7) is 7.79. The van der Waals surface area contributed by atoms with Gasteiger partial charge in [0.2, 0.25) is 0 Å². The summed E-state index contributed by atoms with van der Waals surface area (Å²) in [6, 6.07) is 0.181. The number of amides is 2. The van der Waals surface area contributed by atoms with Crippen molar-refractivity contribution in [2.45, 2.75) is 58.9 Å². The fourth-order valence-electron chi connectivity index (χ4n) is 2.88. The fourth-order valence-corrected chi connectivity index (χ4v) is 2.88. The molecule has 1 saturated heterocycles. The van der Waals surface area contributed by atoms with Gasteiger partial charge in [-0.05, 0) is 44.4 Å². The van der Waals surface area contributed by atoms with E-state index in [2.05, 4.69) is 19.2 Å². The number of piperidine rings is 1. The van der Waals surface area contributed by atoms with E-state index in [1.165, 1.54) is 0 Å². The van der Waals surface area contributed by atoms with Crippen molar-refractivity contribution in [1.29, 1.82) is 0 Å². The summed E-state index contributed by atoms with van der Waals surface area (Å²) in [4.78, 5) is 24.6. The molecule has 2 N–H and O–H groups in total. The molecule has 0 radical (unpaired) electrons. The number of aliphatic carboxylic acids is 1. The second-order valence-corrected chi connectivity index (χ2v) is 6.37. The lowest BCUT2D eigenvalue weighted by atomic mass is 9.93. The van der Waals surface area contributed by atoms with E-state index in [9.17, 15) is 9.59 Å². The molecule has 1 aliphatic heterocycles. The number of rotatable bonds is 6. The first-order valence-electron chi connectivity index (χ1n) is 7.65. The van der Waals surface area contributed by atoms with Crippen molar-refractivity contribution in [1.82, 2.24) is 10.2 Å². The van der Waals surface area contributed by atoms with Crippen LogP contribution in [0.2, 0.25) is 0 Å². The van der Waals surface area contributed by atoms with Gasteiger partial charge in [-0.1, -0.05) is 13.8 Å². The molecule has 116 valence electrons. The molecule has 2 amide bonds. The average Bonchev–Trinajstić information content (AvgIpc) is 2.35. The predicted octanol–water partition coefficient (Wildman–Crippen LogP) is 2.71. The van der Waals surface area contributed by atoms with Crippen LogP contribution in [0.1, 0.15) is 52.9 Å². The highest BCUT2D eigenvalue weighted by atomic mass is 16.4. The van der Waals surface area contributed by atoms with Crippen LogP contribution < -0.4 is 5.32 Å². The summed E-state index contributed by atoms with van der Waals surface area (Å²) in [7, 11) is 0. The molecule has 0 aromatic carbocycles. The molecule has 0 saturated carbocycles. The molecule has 1 heterocycles. The van der Waals surface area contributed by atoms with E-state index in [0.717, 1.165) is 25.8 Å². The standard InChI is InChI=1S/C15H28N2O3/c1-11(2)9-12(3)16-15(20)17-8-4-5-13(10-17)6-7-14(18)19/h11-13H,4-10H2,1-3H3,(H,16,20)(H,18,19). The van der Waals surface area contributed by atoms with Gasteiger partial charge in [0.15, 0.2) is 0 Å². The minimum Gasteiger partial charge on any atom is -0.481 e. The number of carboxylic acid groups (broad SMARTS) is 1. The number of nitrogens with one attached hydrogen (secondary N) is 1. The molecule has 0 aromatic rings. The first-order valence-corrected chi connectivity index (χ1v) is 7.65. The van der Waals surface area contributed by atoms with E-state index in [1.54, 1.807) is 0 Å². The zero-order valence-electron chi connectivity index (χ0n) is 12.9. The molecular weight excluding hydrogens is 256 g/mol. The summed E-state index contributed by atoms with van der Waals surface area (Å²) in [6.07, 6.45) is 3.83. The second kappa shape index (κ2) is 8.12. The molecule has 1 fully saturated rings. The number of hydrogen-bond acceptors (Lipinski definition) is 2. The smallest absolute Gasteiger partial charge is 0.317 e. The molecular formula is C15H28N2O3. The number of nitrogens with zero attached hydrogens (tertiary/aromatic N) is 1. The molecule has 5 heteroatoms. The minimum atomic E-state index is -0.753. The average molecular weight is 284 g/mol. The molecule has 0 spiro atoms. The summed E-state index contributed by atoms with van der Waals surface area (Å²) < 4.78 is 0. The molecule has 0 aromatic heterocycles. The summed E-state index contributed by atoms with van der Waals surface area (Å²) >= 11 is 0. The van der Waals surface area contributed by atoms with Gasteiger partial charge in [0.05, 0.1) is 0 Å². The number of likely N-dealkylation sites (tertiary alicyclic amines) is 1. The van der Waals surface area contributed by atoms with E-state index in [-0.39, 0.29) is 18.5 Å². The Kier molecular flexibility index (Phi) is 6.82. The molecule has 0 bridgehead atoms. The Morgan fingerprint density at radius 1 is 1.35 bits per heavy atom. The van der Waals surface area contributed by atoms with Gasteiger partial charge in [-0.2, -0.15) is 0 Å². The van der Waals surface area contributed by atoms with Gasteiger partial charge in [-0.25, -0.2) is 4.79 Å². The van der Waals surface area contributed by atoms with Crippen molar-refractivity contribution in [3.8, 4) is 0 Å². The first kappa shape index (κ1) is 16.8. The summed E-state index contributed by atoms with van der Waals surface area (Å²) in [5.74, 6) is 0.137. The van der Waals surface area contributed by atoms with E-state index >= 15 is 0 Å². The van der Waals surface area contributed by atoms with Gasteiger partial charge in [-0.3, -0.25) is 4.79 Å². The second-order valence-electron chi connectivity index (χ2n) is 6.37. The van der Waals surface area contributed by atoms with Gasteiger partial charge in [0.1, 0.15) is 0 Å². The largest absolute Gasteiger partial charge is 0.481 e. The van der Waals surface area contributed by atoms with Crippen LogP contribution in [0.25, 0.3) is 0 Å². The Hall–Kier alpha value is -1.26. The zero-order chi connectivity index (χ0) is 15.1. The number of carbonyl (C=O) groups excluding carboxylic acids is 1. The van der Waals surface area contributed by atoms with Crippen LogP contribution >= 0.6 is 0 Å². The molecule has 0 aliphatic carbocycles. The van der Waals surface area contributed by atoms with Gasteiger partial charge in [0.25, 0.3) is 0 Å². The highest BCUT2D eigenvalue weighted by molar-refractivity contribution is 5.74. The quantitative estimate of drug-likeness (QED) is 0.788. The zero-order valence-corrected chi connectivity index (χ0v) is 12.9. The van der Waals surface area contributed by atoms with Crippen LogP contribution in [0.3, 0.4) is 0 Å². The summed E-state index contributed by atoms with van der Waals surface area (Å²) in [5, 5.41) is 11.8. The van der Waals surface area contributed by atoms with Gasteiger partial charge in [0, 0.05) is 25.6 Å². The topological polar surface area (TPSA) is 69.6 Å². The number of urea groups is 1. The highest BCUT2D eigenvalue weighted by Crippen LogP contribution is 2.21. The van der Waals surface area contributed by atoms with E-state index in [0.29, 0.717) is 24.8 Å². The van der Waals surface area contributed by atoms with Crippen molar-refractivity contribution in [3.05, 3.63) is 0 Å². The van der Waals surface area contributed by atoms with Crippen molar-refractivity contribution in [2.24, 2.45) is 11.8 Å². The van der Waals surface area contributed by atoms with Crippen molar-refractivity contribution in [2.75, 3.05) is 13.1 Å². The third-order valence-electron chi connectivity index (χ3n) is 3.77. The monoisotopic (exact) mass is 284 g/mol. The third kappa shape index (κ3) is 6.26. The Morgan fingerprint density at radius 2 is 2.05 bits per heavy atom. The van der Waals surface area contributed by atoms with Gasteiger partial charge >= 0.3 is 12.0 Å². The Labute approximate surface area is 121 Å². The Bertz CT molecular complexity index is 331. The van der Waals surface area contributed by atoms with Crippen LogP contribution in [-0.2, 0) is 4.79 Å². The number of carbonyl (C=O) groups is 2. The molecule has 1 aliphatic rings. The molecule has 2 unspecified atom stereocenters. The molecule has 2 atom stereocenters. The Balaban J connectivity index is 2.37. The number of hydrogen-bond donors (Lipinski definition) is 2. The first-order chi connectivity index (χ1) is 9.38. The maximum atomic E-state index is 12.2. The minimum absolute atomic E-state index is 0.00169. The SMILES string of the molecule is CC(C)CC(C)NC(=O)N1CCCC(CCC(=O)O)C1. The maximum Gasteiger partial charge on any atom is 0.317 e. The van der Waals surface area contributed by atoms with Crippen molar-refractivity contribution in [3.63, 3.8) is 0 Å². The van der Waals surface area contributed by atoms with E-state index < -0.39 is 5.97 Å². The lowest BCUT2D eigenvalue weighted by Crippen LogP contribution is -2.48. The van der Waals surface area contributed by atoms with Crippen molar-refractivity contribution < 1.29 is 14.7 Å².